The van der Waals surface area contributed by atoms with E-state index in [1.165, 1.54) is 13.1 Å². The molecule has 0 radical (unpaired) electrons. The molecule has 2 aromatic carbocycles. The lowest BCUT2D eigenvalue weighted by Gasteiger charge is -2.18. The number of carbonyl (C=O) groups is 3. The molecule has 0 aliphatic rings. The topological polar surface area (TPSA) is 75.7 Å². The first-order valence-electron chi connectivity index (χ1n) is 9.70. The fourth-order valence-electron chi connectivity index (χ4n) is 2.49. The monoisotopic (exact) mass is 408 g/mol. The van der Waals surface area contributed by atoms with Crippen molar-refractivity contribution in [2.45, 2.75) is 34.1 Å². The van der Waals surface area contributed by atoms with Gasteiger partial charge in [0.05, 0.1) is 0 Å². The van der Waals surface area contributed by atoms with Gasteiger partial charge in [-0.1, -0.05) is 51.1 Å². The summed E-state index contributed by atoms with van der Waals surface area (Å²) in [5.41, 5.74) is 1.52. The number of ether oxygens (including phenoxy) is 1. The van der Waals surface area contributed by atoms with Crippen molar-refractivity contribution in [2.75, 3.05) is 12.4 Å². The molecular formula is C24H28N2O4. The smallest absolute Gasteiger partial charge is 0.410 e. The summed E-state index contributed by atoms with van der Waals surface area (Å²) < 4.78 is 5.31. The lowest BCUT2D eigenvalue weighted by Crippen LogP contribution is -2.36. The van der Waals surface area contributed by atoms with Crippen LogP contribution in [0.3, 0.4) is 0 Å². The van der Waals surface area contributed by atoms with E-state index in [2.05, 4.69) is 26.1 Å². The Balaban J connectivity index is 2.02. The number of nitrogens with one attached hydrogen (secondary N) is 1. The van der Waals surface area contributed by atoms with Crippen molar-refractivity contribution in [1.82, 2.24) is 4.90 Å². The van der Waals surface area contributed by atoms with Crippen LogP contribution in [0.4, 0.5) is 10.5 Å². The Morgan fingerprint density at radius 1 is 1.03 bits per heavy atom. The molecule has 30 heavy (non-hydrogen) atoms. The molecule has 158 valence electrons. The Morgan fingerprint density at radius 2 is 1.70 bits per heavy atom. The van der Waals surface area contributed by atoms with Crippen LogP contribution in [0.2, 0.25) is 0 Å². The van der Waals surface area contributed by atoms with Crippen LogP contribution in [0.5, 0.6) is 5.75 Å². The lowest BCUT2D eigenvalue weighted by atomic mass is 9.91. The van der Waals surface area contributed by atoms with E-state index in [1.54, 1.807) is 49.4 Å². The fourth-order valence-corrected chi connectivity index (χ4v) is 2.49. The Morgan fingerprint density at radius 3 is 2.33 bits per heavy atom. The van der Waals surface area contributed by atoms with E-state index in [0.717, 1.165) is 11.3 Å². The summed E-state index contributed by atoms with van der Waals surface area (Å²) in [5.74, 6) is -0.467. The van der Waals surface area contributed by atoms with Crippen molar-refractivity contribution >= 4 is 23.6 Å². The average molecular weight is 408 g/mol. The first kappa shape index (κ1) is 22.9. The van der Waals surface area contributed by atoms with E-state index in [1.807, 2.05) is 12.1 Å². The molecule has 0 aliphatic heterocycles. The number of hydrogen-bond acceptors (Lipinski definition) is 4. The zero-order chi connectivity index (χ0) is 22.3. The maximum atomic E-state index is 12.5. The molecule has 0 unspecified atom stereocenters. The minimum absolute atomic E-state index is 0.0469. The highest BCUT2D eigenvalue weighted by atomic mass is 16.6. The minimum Gasteiger partial charge on any atom is -0.410 e. The van der Waals surface area contributed by atoms with E-state index in [-0.39, 0.29) is 17.1 Å². The van der Waals surface area contributed by atoms with Gasteiger partial charge in [-0.25, -0.2) is 9.69 Å². The van der Waals surface area contributed by atoms with E-state index in [0.29, 0.717) is 16.8 Å². The number of hydrogen-bond donors (Lipinski definition) is 1. The second-order valence-electron chi connectivity index (χ2n) is 8.23. The normalized spacial score (nSPS) is 11.6. The van der Waals surface area contributed by atoms with Crippen molar-refractivity contribution in [3.63, 3.8) is 0 Å². The van der Waals surface area contributed by atoms with Crippen LogP contribution in [0.25, 0.3) is 0 Å². The number of anilines is 1. The number of nitrogens with zero attached hydrogens (tertiary/aromatic N) is 1. The van der Waals surface area contributed by atoms with Gasteiger partial charge >= 0.3 is 6.09 Å². The number of rotatable bonds is 5. The number of likely N-dealkylation sites (N-methyl/N-ethyl adjacent to an activating group) is 1. The van der Waals surface area contributed by atoms with Gasteiger partial charge in [0, 0.05) is 29.9 Å². The Bertz CT molecular complexity index is 943. The number of allylic oxidation sites excluding steroid dienone is 1. The summed E-state index contributed by atoms with van der Waals surface area (Å²) in [6.07, 6.45) is 1.75. The van der Waals surface area contributed by atoms with Crippen molar-refractivity contribution in [1.29, 1.82) is 0 Å². The van der Waals surface area contributed by atoms with E-state index >= 15 is 0 Å². The molecule has 6 nitrogen and oxygen atoms in total. The van der Waals surface area contributed by atoms with Gasteiger partial charge in [0.15, 0.2) is 0 Å². The van der Waals surface area contributed by atoms with Gasteiger partial charge in [-0.05, 0) is 43.0 Å². The van der Waals surface area contributed by atoms with Crippen molar-refractivity contribution in [2.24, 2.45) is 5.41 Å². The maximum Gasteiger partial charge on any atom is 0.421 e. The zero-order valence-corrected chi connectivity index (χ0v) is 18.1. The molecule has 0 aromatic heterocycles. The van der Waals surface area contributed by atoms with Gasteiger partial charge in [-0.3, -0.25) is 9.59 Å². The van der Waals surface area contributed by atoms with Gasteiger partial charge in [0.2, 0.25) is 0 Å². The van der Waals surface area contributed by atoms with Crippen LogP contribution in [0.1, 0.15) is 44.5 Å². The fraction of sp³-hybridized carbons (Fsp3) is 0.292. The molecule has 0 atom stereocenters. The van der Waals surface area contributed by atoms with Crippen LogP contribution >= 0.6 is 0 Å². The summed E-state index contributed by atoms with van der Waals surface area (Å²) in [6, 6.07) is 15.2. The molecule has 0 bridgehead atoms. The third-order valence-electron chi connectivity index (χ3n) is 4.27. The van der Waals surface area contributed by atoms with Crippen molar-refractivity contribution in [3.8, 4) is 5.75 Å². The van der Waals surface area contributed by atoms with Crippen molar-refractivity contribution in [3.05, 3.63) is 71.8 Å². The molecule has 0 aliphatic carbocycles. The van der Waals surface area contributed by atoms with Gasteiger partial charge < -0.3 is 10.1 Å². The average Bonchev–Trinajstić information content (AvgIpc) is 2.71. The molecular weight excluding hydrogens is 380 g/mol. The zero-order valence-electron chi connectivity index (χ0n) is 18.1. The molecule has 0 saturated heterocycles. The predicted octanol–water partition coefficient (Wildman–Crippen LogP) is 5.28. The van der Waals surface area contributed by atoms with E-state index in [9.17, 15) is 14.4 Å². The Labute approximate surface area is 177 Å². The van der Waals surface area contributed by atoms with Crippen LogP contribution in [-0.4, -0.2) is 29.9 Å². The van der Waals surface area contributed by atoms with Crippen LogP contribution in [0, 0.1) is 5.41 Å². The number of imide groups is 1. The molecule has 2 aromatic rings. The third kappa shape index (κ3) is 6.88. The first-order valence-corrected chi connectivity index (χ1v) is 9.70. The molecule has 0 spiro atoms. The quantitative estimate of drug-likeness (QED) is 0.683. The molecule has 3 amide bonds. The summed E-state index contributed by atoms with van der Waals surface area (Å²) in [5, 5.41) is 2.75. The summed E-state index contributed by atoms with van der Waals surface area (Å²) in [6.45, 7) is 7.89. The third-order valence-corrected chi connectivity index (χ3v) is 4.27. The highest BCUT2D eigenvalue weighted by Crippen LogP contribution is 2.21. The van der Waals surface area contributed by atoms with Crippen LogP contribution in [0.15, 0.2) is 66.2 Å². The van der Waals surface area contributed by atoms with Gasteiger partial charge in [-0.2, -0.15) is 0 Å². The lowest BCUT2D eigenvalue weighted by molar-refractivity contribution is -0.123. The summed E-state index contributed by atoms with van der Waals surface area (Å²) in [4.78, 5) is 38.1. The highest BCUT2D eigenvalue weighted by molar-refractivity contribution is 6.04. The summed E-state index contributed by atoms with van der Waals surface area (Å²) in [7, 11) is 1.38. The number of amides is 3. The van der Waals surface area contributed by atoms with E-state index < -0.39 is 12.0 Å². The Kier molecular flexibility index (Phi) is 7.53. The largest absolute Gasteiger partial charge is 0.421 e. The minimum atomic E-state index is -0.796. The van der Waals surface area contributed by atoms with Crippen LogP contribution < -0.4 is 10.1 Å². The molecule has 0 heterocycles. The molecule has 1 N–H and O–H groups in total. The van der Waals surface area contributed by atoms with Crippen molar-refractivity contribution < 1.29 is 19.1 Å². The standard InChI is InChI=1S/C24H28N2O4/c1-17(14-15-24(2,3)4)22(28)26(5)23(29)30-20-13-9-12-19(16-20)25-21(27)18-10-7-6-8-11-18/h6-14,16H,15H2,1-5H3,(H,25,27)/b17-14+. The second kappa shape index (κ2) is 9.87. The van der Waals surface area contributed by atoms with Gasteiger partial charge in [0.1, 0.15) is 5.75 Å². The van der Waals surface area contributed by atoms with Crippen LogP contribution in [-0.2, 0) is 4.79 Å². The Hall–Kier alpha value is -3.41. The molecule has 0 saturated carbocycles. The SMILES string of the molecule is C/C(=C\CC(C)(C)C)C(=O)N(C)C(=O)Oc1cccc(NC(=O)c2ccccc2)c1. The molecule has 0 fully saturated rings. The maximum absolute atomic E-state index is 12.5. The molecule has 2 rings (SSSR count). The second-order valence-corrected chi connectivity index (χ2v) is 8.23. The number of benzene rings is 2. The first-order chi connectivity index (χ1) is 14.1. The summed E-state index contributed by atoms with van der Waals surface area (Å²) >= 11 is 0. The van der Waals surface area contributed by atoms with Gasteiger partial charge in [0.25, 0.3) is 11.8 Å². The highest BCUT2D eigenvalue weighted by Gasteiger charge is 2.21. The molecule has 6 heteroatoms. The van der Waals surface area contributed by atoms with Gasteiger partial charge in [-0.15, -0.1) is 0 Å². The van der Waals surface area contributed by atoms with E-state index in [4.69, 9.17) is 4.74 Å². The number of carbonyl (C=O) groups excluding carboxylic acids is 3. The predicted molar refractivity (Wildman–Crippen MR) is 117 cm³/mol.